The largest absolute Gasteiger partial charge is 0.336 e. The van der Waals surface area contributed by atoms with Crippen LogP contribution in [-0.2, 0) is 14.5 Å². The third-order valence-electron chi connectivity index (χ3n) is 1.77. The Balaban J connectivity index is 4.02. The lowest BCUT2D eigenvalue weighted by Gasteiger charge is -2.16. The lowest BCUT2D eigenvalue weighted by atomic mass is 10.1. The minimum atomic E-state index is -3.54. The Morgan fingerprint density at radius 2 is 1.85 bits per heavy atom. The van der Waals surface area contributed by atoms with Crippen LogP contribution in [0.25, 0.3) is 0 Å². The van der Waals surface area contributed by atoms with Crippen LogP contribution in [-0.4, -0.2) is 21.1 Å². The topological polar surface area (TPSA) is 55.4 Å². The van der Waals surface area contributed by atoms with Gasteiger partial charge in [-0.1, -0.05) is 20.8 Å². The summed E-state index contributed by atoms with van der Waals surface area (Å²) >= 11 is 0. The quantitative estimate of drug-likeness (QED) is 0.717. The van der Waals surface area contributed by atoms with Crippen LogP contribution in [0.5, 0.6) is 0 Å². The van der Waals surface area contributed by atoms with Crippen molar-refractivity contribution in [2.24, 2.45) is 5.92 Å². The molecular formula is C8H19NO3S. The molecule has 0 amide bonds. The van der Waals surface area contributed by atoms with Crippen LogP contribution in [0.4, 0.5) is 0 Å². The van der Waals surface area contributed by atoms with Gasteiger partial charge in [-0.15, -0.1) is 0 Å². The first-order chi connectivity index (χ1) is 5.89. The van der Waals surface area contributed by atoms with Gasteiger partial charge in [0.15, 0.2) is 0 Å². The van der Waals surface area contributed by atoms with Crippen LogP contribution in [0.3, 0.4) is 0 Å². The van der Waals surface area contributed by atoms with Crippen molar-refractivity contribution in [1.82, 2.24) is 4.72 Å². The van der Waals surface area contributed by atoms with Crippen LogP contribution >= 0.6 is 0 Å². The van der Waals surface area contributed by atoms with E-state index in [0.29, 0.717) is 6.42 Å². The van der Waals surface area contributed by atoms with E-state index < -0.39 is 10.3 Å². The van der Waals surface area contributed by atoms with Crippen molar-refractivity contribution in [3.8, 4) is 0 Å². The Morgan fingerprint density at radius 1 is 1.31 bits per heavy atom. The molecule has 13 heavy (non-hydrogen) atoms. The summed E-state index contributed by atoms with van der Waals surface area (Å²) in [6, 6.07) is -0.0955. The van der Waals surface area contributed by atoms with Crippen molar-refractivity contribution in [2.75, 3.05) is 6.61 Å². The lowest BCUT2D eigenvalue weighted by molar-refractivity contribution is 0.303. The fraction of sp³-hybridized carbons (Fsp3) is 1.00. The van der Waals surface area contributed by atoms with Crippen molar-refractivity contribution in [1.29, 1.82) is 0 Å². The molecule has 0 aromatic heterocycles. The monoisotopic (exact) mass is 209 g/mol. The van der Waals surface area contributed by atoms with E-state index in [1.54, 1.807) is 0 Å². The molecular weight excluding hydrogens is 190 g/mol. The summed E-state index contributed by atoms with van der Waals surface area (Å²) in [5.41, 5.74) is 0. The highest BCUT2D eigenvalue weighted by Crippen LogP contribution is 2.02. The number of rotatable bonds is 6. The normalized spacial score (nSPS) is 14.8. The maximum absolute atomic E-state index is 11.2. The molecule has 1 atom stereocenters. The van der Waals surface area contributed by atoms with Gasteiger partial charge < -0.3 is 0 Å². The average Bonchev–Trinajstić information content (AvgIpc) is 2.00. The highest BCUT2D eigenvalue weighted by Gasteiger charge is 2.16. The summed E-state index contributed by atoms with van der Waals surface area (Å²) in [6.07, 6.45) is 0.691. The number of hydrogen-bond donors (Lipinski definition) is 1. The molecule has 0 aromatic rings. The lowest BCUT2D eigenvalue weighted by Crippen LogP contribution is -2.37. The minimum absolute atomic E-state index is 0.0955. The molecule has 0 heterocycles. The molecule has 0 spiro atoms. The molecule has 0 aromatic carbocycles. The molecule has 0 rings (SSSR count). The van der Waals surface area contributed by atoms with E-state index in [9.17, 15) is 8.42 Å². The maximum Gasteiger partial charge on any atom is 0.336 e. The standard InChI is InChI=1S/C8H19NO3S/c1-5-6-12-13(10,11)9-8(4)7(2)3/h7-9H,5-6H2,1-4H3. The third kappa shape index (κ3) is 6.01. The Kier molecular flexibility index (Phi) is 5.51. The Bertz CT molecular complexity index is 224. The van der Waals surface area contributed by atoms with E-state index >= 15 is 0 Å². The van der Waals surface area contributed by atoms with Crippen LogP contribution in [0.1, 0.15) is 34.1 Å². The molecule has 0 saturated carbocycles. The van der Waals surface area contributed by atoms with Gasteiger partial charge >= 0.3 is 10.3 Å². The smallest absolute Gasteiger partial charge is 0.258 e. The molecule has 0 aliphatic rings. The second-order valence-corrected chi connectivity index (χ2v) is 4.81. The second-order valence-electron chi connectivity index (χ2n) is 3.43. The fourth-order valence-electron chi connectivity index (χ4n) is 0.591. The SMILES string of the molecule is CCCOS(=O)(=O)NC(C)C(C)C. The van der Waals surface area contributed by atoms with Gasteiger partial charge in [-0.05, 0) is 19.3 Å². The molecule has 0 aliphatic heterocycles. The van der Waals surface area contributed by atoms with Gasteiger partial charge in [0.2, 0.25) is 0 Å². The molecule has 1 N–H and O–H groups in total. The first-order valence-corrected chi connectivity index (χ1v) is 5.96. The first-order valence-electron chi connectivity index (χ1n) is 4.55. The zero-order valence-electron chi connectivity index (χ0n) is 8.70. The van der Waals surface area contributed by atoms with Gasteiger partial charge in [-0.3, -0.25) is 4.18 Å². The van der Waals surface area contributed by atoms with Crippen LogP contribution in [0, 0.1) is 5.92 Å². The molecule has 4 nitrogen and oxygen atoms in total. The Hall–Kier alpha value is -0.130. The summed E-state index contributed by atoms with van der Waals surface area (Å²) in [5, 5.41) is 0. The van der Waals surface area contributed by atoms with Crippen molar-refractivity contribution >= 4 is 10.3 Å². The van der Waals surface area contributed by atoms with Crippen LogP contribution < -0.4 is 4.72 Å². The summed E-state index contributed by atoms with van der Waals surface area (Å²) in [7, 11) is -3.54. The van der Waals surface area contributed by atoms with Crippen LogP contribution in [0.2, 0.25) is 0 Å². The summed E-state index contributed by atoms with van der Waals surface area (Å²) in [4.78, 5) is 0. The number of hydrogen-bond acceptors (Lipinski definition) is 3. The van der Waals surface area contributed by atoms with Gasteiger partial charge in [0.25, 0.3) is 0 Å². The minimum Gasteiger partial charge on any atom is -0.258 e. The molecule has 0 fully saturated rings. The zero-order valence-corrected chi connectivity index (χ0v) is 9.52. The summed E-state index contributed by atoms with van der Waals surface area (Å²) in [6.45, 7) is 7.82. The van der Waals surface area contributed by atoms with Gasteiger partial charge in [0, 0.05) is 6.04 Å². The number of nitrogens with one attached hydrogen (secondary N) is 1. The van der Waals surface area contributed by atoms with E-state index in [2.05, 4.69) is 8.91 Å². The van der Waals surface area contributed by atoms with Crippen molar-refractivity contribution in [3.05, 3.63) is 0 Å². The van der Waals surface area contributed by atoms with E-state index in [0.717, 1.165) is 0 Å². The van der Waals surface area contributed by atoms with E-state index in [4.69, 9.17) is 0 Å². The molecule has 0 bridgehead atoms. The fourth-order valence-corrected chi connectivity index (χ4v) is 1.77. The van der Waals surface area contributed by atoms with E-state index in [1.165, 1.54) is 0 Å². The first kappa shape index (κ1) is 12.9. The summed E-state index contributed by atoms with van der Waals surface area (Å²) in [5.74, 6) is 0.264. The molecule has 1 unspecified atom stereocenters. The second kappa shape index (κ2) is 5.57. The molecule has 0 aliphatic carbocycles. The van der Waals surface area contributed by atoms with E-state index in [1.807, 2.05) is 27.7 Å². The summed E-state index contributed by atoms with van der Waals surface area (Å²) < 4.78 is 29.4. The predicted molar refractivity (Wildman–Crippen MR) is 52.6 cm³/mol. The van der Waals surface area contributed by atoms with Gasteiger partial charge in [-0.2, -0.15) is 13.1 Å². The molecule has 5 heteroatoms. The Morgan fingerprint density at radius 3 is 2.23 bits per heavy atom. The van der Waals surface area contributed by atoms with Crippen molar-refractivity contribution < 1.29 is 12.6 Å². The van der Waals surface area contributed by atoms with Gasteiger partial charge in [-0.25, -0.2) is 0 Å². The van der Waals surface area contributed by atoms with Crippen LogP contribution in [0.15, 0.2) is 0 Å². The maximum atomic E-state index is 11.2. The van der Waals surface area contributed by atoms with Crippen molar-refractivity contribution in [3.63, 3.8) is 0 Å². The molecule has 80 valence electrons. The average molecular weight is 209 g/mol. The van der Waals surface area contributed by atoms with Gasteiger partial charge in [0.1, 0.15) is 0 Å². The highest BCUT2D eigenvalue weighted by molar-refractivity contribution is 7.84. The van der Waals surface area contributed by atoms with E-state index in [-0.39, 0.29) is 18.6 Å². The van der Waals surface area contributed by atoms with Crippen molar-refractivity contribution in [2.45, 2.75) is 40.2 Å². The van der Waals surface area contributed by atoms with Gasteiger partial charge in [0.05, 0.1) is 6.61 Å². The predicted octanol–water partition coefficient (Wildman–Crippen LogP) is 1.29. The highest BCUT2D eigenvalue weighted by atomic mass is 32.2. The zero-order chi connectivity index (χ0) is 10.5. The molecule has 0 saturated heterocycles. The Labute approximate surface area is 80.9 Å². The molecule has 0 radical (unpaired) electrons. The third-order valence-corrected chi connectivity index (χ3v) is 2.91.